The summed E-state index contributed by atoms with van der Waals surface area (Å²) in [6.45, 7) is 0.585. The van der Waals surface area contributed by atoms with Crippen molar-refractivity contribution in [2.75, 3.05) is 13.7 Å². The van der Waals surface area contributed by atoms with Gasteiger partial charge in [-0.25, -0.2) is 4.79 Å². The lowest BCUT2D eigenvalue weighted by molar-refractivity contribution is -0.134. The zero-order chi connectivity index (χ0) is 6.85. The highest BCUT2D eigenvalue weighted by atomic mass is 16.4. The first-order valence-electron chi connectivity index (χ1n) is 2.60. The molecule has 9 heavy (non-hydrogen) atoms. The molecular weight excluding hydrogens is 120 g/mol. The highest BCUT2D eigenvalue weighted by molar-refractivity contribution is 5.86. The van der Waals surface area contributed by atoms with Gasteiger partial charge in [-0.2, -0.15) is 0 Å². The number of nitrogens with zero attached hydrogens (tertiary/aromatic N) is 1. The third-order valence-corrected chi connectivity index (χ3v) is 1.20. The van der Waals surface area contributed by atoms with E-state index in [9.17, 15) is 4.79 Å². The summed E-state index contributed by atoms with van der Waals surface area (Å²) in [4.78, 5) is 11.9. The molecular formula is C5H8N2O2. The molecule has 0 spiro atoms. The lowest BCUT2D eigenvalue weighted by Gasteiger charge is -2.09. The molecule has 0 aromatic heterocycles. The van der Waals surface area contributed by atoms with Crippen LogP contribution in [0, 0.1) is 0 Å². The Hall–Kier alpha value is -1.19. The number of rotatable bonds is 1. The van der Waals surface area contributed by atoms with E-state index in [1.54, 1.807) is 11.9 Å². The maximum atomic E-state index is 10.3. The normalized spacial score (nSPS) is 17.0. The van der Waals surface area contributed by atoms with Gasteiger partial charge >= 0.3 is 5.97 Å². The van der Waals surface area contributed by atoms with Gasteiger partial charge in [0.2, 0.25) is 0 Å². The Morgan fingerprint density at radius 1 is 2.00 bits per heavy atom. The lowest BCUT2D eigenvalue weighted by Crippen LogP contribution is -2.21. The number of hydrogen-bond acceptors (Lipinski definition) is 3. The third-order valence-electron chi connectivity index (χ3n) is 1.20. The van der Waals surface area contributed by atoms with Crippen LogP contribution < -0.4 is 5.32 Å². The number of nitrogens with one attached hydrogen (secondary N) is 1. The van der Waals surface area contributed by atoms with Crippen LogP contribution >= 0.6 is 0 Å². The van der Waals surface area contributed by atoms with E-state index in [4.69, 9.17) is 5.11 Å². The van der Waals surface area contributed by atoms with Crippen LogP contribution in [-0.4, -0.2) is 29.7 Å². The molecule has 1 rings (SSSR count). The van der Waals surface area contributed by atoms with Crippen molar-refractivity contribution in [2.45, 2.75) is 0 Å². The molecule has 2 N–H and O–H groups in total. The zero-order valence-corrected chi connectivity index (χ0v) is 5.09. The van der Waals surface area contributed by atoms with Crippen molar-refractivity contribution in [1.29, 1.82) is 0 Å². The van der Waals surface area contributed by atoms with Crippen LogP contribution in [0.4, 0.5) is 0 Å². The minimum atomic E-state index is -0.887. The van der Waals surface area contributed by atoms with Crippen LogP contribution in [0.25, 0.3) is 0 Å². The smallest absolute Gasteiger partial charge is 0.353 e. The van der Waals surface area contributed by atoms with E-state index in [0.29, 0.717) is 12.4 Å². The van der Waals surface area contributed by atoms with Crippen molar-refractivity contribution in [2.24, 2.45) is 0 Å². The molecule has 1 heterocycles. The molecule has 0 fully saturated rings. The molecule has 0 aromatic rings. The Bertz CT molecular complexity index is 164. The molecule has 0 aliphatic carbocycles. The van der Waals surface area contributed by atoms with E-state index in [-0.39, 0.29) is 0 Å². The van der Waals surface area contributed by atoms with Gasteiger partial charge in [0.05, 0.1) is 6.67 Å². The van der Waals surface area contributed by atoms with E-state index < -0.39 is 5.97 Å². The topological polar surface area (TPSA) is 52.6 Å². The molecule has 0 amide bonds. The second-order valence-electron chi connectivity index (χ2n) is 1.89. The Morgan fingerprint density at radius 2 is 2.67 bits per heavy atom. The van der Waals surface area contributed by atoms with Crippen molar-refractivity contribution < 1.29 is 9.90 Å². The van der Waals surface area contributed by atoms with Crippen molar-refractivity contribution in [3.05, 3.63) is 11.9 Å². The number of carbonyl (C=O) groups is 1. The Labute approximate surface area is 52.8 Å². The van der Waals surface area contributed by atoms with Crippen LogP contribution in [0.15, 0.2) is 11.9 Å². The third kappa shape index (κ3) is 0.960. The zero-order valence-electron chi connectivity index (χ0n) is 5.09. The van der Waals surface area contributed by atoms with E-state index in [1.165, 1.54) is 6.20 Å². The van der Waals surface area contributed by atoms with E-state index in [0.717, 1.165) is 0 Å². The fraction of sp³-hybridized carbons (Fsp3) is 0.400. The number of carboxylic acids is 1. The first kappa shape index (κ1) is 5.94. The average Bonchev–Trinajstić information content (AvgIpc) is 2.13. The van der Waals surface area contributed by atoms with E-state index >= 15 is 0 Å². The highest BCUT2D eigenvalue weighted by Gasteiger charge is 2.15. The fourth-order valence-corrected chi connectivity index (χ4v) is 0.700. The molecule has 0 atom stereocenters. The molecule has 0 unspecified atom stereocenters. The maximum absolute atomic E-state index is 10.3. The largest absolute Gasteiger partial charge is 0.477 e. The minimum absolute atomic E-state index is 0.315. The maximum Gasteiger partial charge on any atom is 0.353 e. The van der Waals surface area contributed by atoms with Crippen molar-refractivity contribution in [3.63, 3.8) is 0 Å². The molecule has 50 valence electrons. The van der Waals surface area contributed by atoms with Gasteiger partial charge < -0.3 is 15.3 Å². The molecule has 0 aromatic carbocycles. The van der Waals surface area contributed by atoms with Crippen molar-refractivity contribution >= 4 is 5.97 Å². The first-order valence-corrected chi connectivity index (χ1v) is 2.60. The molecule has 4 nitrogen and oxygen atoms in total. The minimum Gasteiger partial charge on any atom is -0.477 e. The summed E-state index contributed by atoms with van der Waals surface area (Å²) < 4.78 is 0. The Morgan fingerprint density at radius 3 is 2.89 bits per heavy atom. The van der Waals surface area contributed by atoms with Gasteiger partial charge in [0.15, 0.2) is 0 Å². The molecule has 1 aliphatic heterocycles. The van der Waals surface area contributed by atoms with Crippen molar-refractivity contribution in [3.8, 4) is 0 Å². The van der Waals surface area contributed by atoms with Crippen molar-refractivity contribution in [1.82, 2.24) is 10.2 Å². The second kappa shape index (κ2) is 1.97. The predicted molar refractivity (Wildman–Crippen MR) is 31.5 cm³/mol. The van der Waals surface area contributed by atoms with Crippen LogP contribution in [0.5, 0.6) is 0 Å². The number of aliphatic carboxylic acids is 1. The van der Waals surface area contributed by atoms with E-state index in [2.05, 4.69) is 5.32 Å². The molecule has 4 heteroatoms. The summed E-state index contributed by atoms with van der Waals surface area (Å²) in [6.07, 6.45) is 1.49. The van der Waals surface area contributed by atoms with Gasteiger partial charge in [-0.1, -0.05) is 0 Å². The molecule has 1 aliphatic rings. The van der Waals surface area contributed by atoms with E-state index in [1.807, 2.05) is 0 Å². The standard InChI is InChI=1S/C5H8N2O2/c1-7-3-6-2-4(7)5(8)9/h2,6H,3H2,1H3,(H,8,9). The molecule has 0 radical (unpaired) electrons. The fourth-order valence-electron chi connectivity index (χ4n) is 0.700. The summed E-state index contributed by atoms with van der Waals surface area (Å²) in [5.41, 5.74) is 0.315. The Kier molecular flexibility index (Phi) is 1.30. The van der Waals surface area contributed by atoms with Gasteiger partial charge in [0.25, 0.3) is 0 Å². The molecule has 0 saturated carbocycles. The SMILES string of the molecule is CN1CNC=C1C(=O)O. The van der Waals surface area contributed by atoms with Gasteiger partial charge in [-0.15, -0.1) is 0 Å². The van der Waals surface area contributed by atoms with Crippen LogP contribution in [0.3, 0.4) is 0 Å². The number of carboxylic acid groups (broad SMARTS) is 1. The number of likely N-dealkylation sites (N-methyl/N-ethyl adjacent to an activating group) is 1. The predicted octanol–water partition coefficient (Wildman–Crippen LogP) is -0.595. The monoisotopic (exact) mass is 128 g/mol. The Balaban J connectivity index is 2.68. The highest BCUT2D eigenvalue weighted by Crippen LogP contribution is 2.03. The average molecular weight is 128 g/mol. The van der Waals surface area contributed by atoms with Gasteiger partial charge in [0, 0.05) is 13.2 Å². The van der Waals surface area contributed by atoms with Gasteiger partial charge in [-0.3, -0.25) is 0 Å². The summed E-state index contributed by atoms with van der Waals surface area (Å²) >= 11 is 0. The van der Waals surface area contributed by atoms with Crippen LogP contribution in [-0.2, 0) is 4.79 Å². The number of hydrogen-bond donors (Lipinski definition) is 2. The van der Waals surface area contributed by atoms with Gasteiger partial charge in [-0.05, 0) is 0 Å². The summed E-state index contributed by atoms with van der Waals surface area (Å²) in [5.74, 6) is -0.887. The summed E-state index contributed by atoms with van der Waals surface area (Å²) in [7, 11) is 1.72. The van der Waals surface area contributed by atoms with Crippen LogP contribution in [0.1, 0.15) is 0 Å². The molecule has 0 bridgehead atoms. The van der Waals surface area contributed by atoms with Crippen LogP contribution in [0.2, 0.25) is 0 Å². The van der Waals surface area contributed by atoms with Gasteiger partial charge in [0.1, 0.15) is 5.70 Å². The summed E-state index contributed by atoms with van der Waals surface area (Å²) in [6, 6.07) is 0. The first-order chi connectivity index (χ1) is 4.22. The summed E-state index contributed by atoms with van der Waals surface area (Å²) in [5, 5.41) is 11.2. The second-order valence-corrected chi connectivity index (χ2v) is 1.89. The lowest BCUT2D eigenvalue weighted by atomic mass is 10.5. The molecule has 0 saturated heterocycles. The quantitative estimate of drug-likeness (QED) is 0.495.